The number of thiophene rings is 1. The zero-order chi connectivity index (χ0) is 29.3. The monoisotopic (exact) mass is 587 g/mol. The number of aryl methyl sites for hydroxylation is 1. The van der Waals surface area contributed by atoms with Gasteiger partial charge in [-0.3, -0.25) is 0 Å². The topological polar surface area (TPSA) is 73.9 Å². The van der Waals surface area contributed by atoms with Gasteiger partial charge in [-0.2, -0.15) is 0 Å². The zero-order valence-electron chi connectivity index (χ0n) is 23.5. The number of carbonyl (C=O) groups excluding carboxylic acids is 2. The predicted octanol–water partition coefficient (Wildman–Crippen LogP) is 8.57. The van der Waals surface area contributed by atoms with E-state index in [2.05, 4.69) is 32.2 Å². The van der Waals surface area contributed by atoms with Crippen LogP contribution in [0.2, 0.25) is 5.02 Å². The number of anilines is 1. The lowest BCUT2D eigenvalue weighted by atomic mass is 9.85. The molecule has 5 rings (SSSR count). The molecule has 3 aromatic carbocycles. The Kier molecular flexibility index (Phi) is 7.93. The molecule has 0 atom stereocenters. The summed E-state index contributed by atoms with van der Waals surface area (Å²) in [7, 11) is 1.56. The van der Waals surface area contributed by atoms with E-state index in [1.807, 2.05) is 31.2 Å². The summed E-state index contributed by atoms with van der Waals surface area (Å²) in [6.07, 6.45) is 2.17. The minimum absolute atomic E-state index is 0.0635. The molecular weight excluding hydrogens is 558 g/mol. The molecule has 0 saturated heterocycles. The van der Waals surface area contributed by atoms with Gasteiger partial charge in [0.1, 0.15) is 23.0 Å². The first kappa shape index (κ1) is 28.5. The maximum Gasteiger partial charge on any atom is 0.348 e. The van der Waals surface area contributed by atoms with Crippen LogP contribution in [0.15, 0.2) is 72.8 Å². The third kappa shape index (κ3) is 6.01. The van der Waals surface area contributed by atoms with E-state index in [1.165, 1.54) is 11.3 Å². The molecule has 8 heteroatoms. The van der Waals surface area contributed by atoms with E-state index in [-0.39, 0.29) is 23.7 Å². The second-order valence-corrected chi connectivity index (χ2v) is 12.1. The average Bonchev–Trinajstić information content (AvgIpc) is 3.37. The quantitative estimate of drug-likeness (QED) is 0.172. The summed E-state index contributed by atoms with van der Waals surface area (Å²) in [6, 6.07) is 19.6. The molecule has 41 heavy (non-hydrogen) atoms. The van der Waals surface area contributed by atoms with Crippen LogP contribution in [0, 0.1) is 6.92 Å². The Hall–Kier alpha value is -4.07. The van der Waals surface area contributed by atoms with Gasteiger partial charge in [-0.25, -0.2) is 9.59 Å². The van der Waals surface area contributed by atoms with Crippen LogP contribution in [0.5, 0.6) is 11.5 Å². The van der Waals surface area contributed by atoms with Crippen molar-refractivity contribution in [2.45, 2.75) is 39.8 Å². The molecule has 1 aliphatic rings. The Balaban J connectivity index is 1.53. The van der Waals surface area contributed by atoms with Crippen LogP contribution in [0.3, 0.4) is 0 Å². The van der Waals surface area contributed by atoms with Gasteiger partial charge in [0.25, 0.3) is 0 Å². The molecule has 6 nitrogen and oxygen atoms in total. The molecule has 0 bridgehead atoms. The fraction of sp³-hybridized carbons (Fsp3) is 0.212. The Labute approximate surface area is 248 Å². The van der Waals surface area contributed by atoms with Crippen LogP contribution in [-0.4, -0.2) is 24.6 Å². The van der Waals surface area contributed by atoms with Crippen LogP contribution >= 0.6 is 22.9 Å². The third-order valence-electron chi connectivity index (χ3n) is 6.80. The van der Waals surface area contributed by atoms with Gasteiger partial charge < -0.3 is 19.5 Å². The maximum absolute atomic E-state index is 12.9. The van der Waals surface area contributed by atoms with E-state index >= 15 is 0 Å². The van der Waals surface area contributed by atoms with Gasteiger partial charge in [0.15, 0.2) is 0 Å². The van der Waals surface area contributed by atoms with Crippen LogP contribution in [0.1, 0.15) is 56.8 Å². The minimum Gasteiger partial charge on any atom is -0.496 e. The first-order valence-corrected chi connectivity index (χ1v) is 14.3. The van der Waals surface area contributed by atoms with Crippen LogP contribution in [-0.2, 0) is 11.3 Å². The van der Waals surface area contributed by atoms with Gasteiger partial charge in [-0.15, -0.1) is 11.3 Å². The number of ether oxygens (including phenoxy) is 3. The molecule has 1 aromatic heterocycles. The number of methoxy groups -OCH3 is 1. The van der Waals surface area contributed by atoms with Gasteiger partial charge in [-0.1, -0.05) is 35.9 Å². The number of esters is 2. The normalized spacial score (nSPS) is 13.5. The molecule has 0 unspecified atom stereocenters. The number of benzene rings is 3. The highest BCUT2D eigenvalue weighted by atomic mass is 35.5. The summed E-state index contributed by atoms with van der Waals surface area (Å²) < 4.78 is 17.2. The van der Waals surface area contributed by atoms with Crippen molar-refractivity contribution in [3.8, 4) is 22.6 Å². The Morgan fingerprint density at radius 3 is 2.41 bits per heavy atom. The van der Waals surface area contributed by atoms with Gasteiger partial charge >= 0.3 is 11.9 Å². The largest absolute Gasteiger partial charge is 0.496 e. The minimum atomic E-state index is -0.565. The van der Waals surface area contributed by atoms with Crippen molar-refractivity contribution in [1.82, 2.24) is 0 Å². The molecule has 0 amide bonds. The van der Waals surface area contributed by atoms with Crippen molar-refractivity contribution in [3.05, 3.63) is 104 Å². The summed E-state index contributed by atoms with van der Waals surface area (Å²) >= 11 is 7.58. The van der Waals surface area contributed by atoms with Crippen molar-refractivity contribution >= 4 is 46.1 Å². The highest BCUT2D eigenvalue weighted by Gasteiger charge is 2.27. The van der Waals surface area contributed by atoms with Crippen molar-refractivity contribution in [2.24, 2.45) is 0 Å². The molecule has 0 fully saturated rings. The highest BCUT2D eigenvalue weighted by molar-refractivity contribution is 7.13. The second-order valence-electron chi connectivity index (χ2n) is 10.4. The lowest BCUT2D eigenvalue weighted by Crippen LogP contribution is -2.32. The molecular formula is C33H30ClNO5S. The molecule has 1 aliphatic heterocycles. The SMILES string of the molecule is COc1cc(OC(=O)c2ccccc2Cl)ccc1-c1ccc2c(c1COC(=O)c1ccc(C)s1)C(C)=CC(C)(C)N2. The standard InChI is InChI=1S/C33H30ClNO5S/c1-19-17-33(3,4)35-27-14-13-22(25(30(19)27)18-39-32(37)29-15-10-20(2)41-29)23-12-11-21(16-28(23)38-5)40-31(36)24-8-6-7-9-26(24)34/h6-17,35H,18H2,1-5H3. The Morgan fingerprint density at radius 2 is 1.71 bits per heavy atom. The van der Waals surface area contributed by atoms with E-state index < -0.39 is 5.97 Å². The zero-order valence-corrected chi connectivity index (χ0v) is 25.0. The summed E-state index contributed by atoms with van der Waals surface area (Å²) in [6.45, 7) is 8.30. The van der Waals surface area contributed by atoms with Gasteiger partial charge in [0, 0.05) is 33.3 Å². The van der Waals surface area contributed by atoms with Gasteiger partial charge in [-0.05, 0) is 81.3 Å². The predicted molar refractivity (Wildman–Crippen MR) is 164 cm³/mol. The fourth-order valence-electron chi connectivity index (χ4n) is 5.10. The number of hydrogen-bond acceptors (Lipinski definition) is 7. The number of carbonyl (C=O) groups is 2. The van der Waals surface area contributed by atoms with Gasteiger partial charge in [0.05, 0.1) is 23.2 Å². The van der Waals surface area contributed by atoms with E-state index in [9.17, 15) is 9.59 Å². The maximum atomic E-state index is 12.9. The van der Waals surface area contributed by atoms with Crippen LogP contribution in [0.25, 0.3) is 16.7 Å². The van der Waals surface area contributed by atoms with Crippen molar-refractivity contribution in [3.63, 3.8) is 0 Å². The summed E-state index contributed by atoms with van der Waals surface area (Å²) in [5.74, 6) is -0.119. The molecule has 0 aliphatic carbocycles. The highest BCUT2D eigenvalue weighted by Crippen LogP contribution is 2.43. The molecule has 4 aromatic rings. The summed E-state index contributed by atoms with van der Waals surface area (Å²) in [5, 5.41) is 3.89. The Morgan fingerprint density at radius 1 is 0.951 bits per heavy atom. The third-order valence-corrected chi connectivity index (χ3v) is 8.11. The number of rotatable bonds is 7. The first-order valence-electron chi connectivity index (χ1n) is 13.1. The Bertz CT molecular complexity index is 1690. The van der Waals surface area contributed by atoms with Gasteiger partial charge in [0.2, 0.25) is 0 Å². The van der Waals surface area contributed by atoms with Crippen molar-refractivity contribution in [2.75, 3.05) is 12.4 Å². The smallest absolute Gasteiger partial charge is 0.348 e. The molecule has 0 saturated carbocycles. The van der Waals surface area contributed by atoms with Crippen molar-refractivity contribution in [1.29, 1.82) is 0 Å². The van der Waals surface area contributed by atoms with Crippen LogP contribution < -0.4 is 14.8 Å². The fourth-order valence-corrected chi connectivity index (χ4v) is 6.07. The van der Waals surface area contributed by atoms with Crippen molar-refractivity contribution < 1.29 is 23.8 Å². The van der Waals surface area contributed by atoms with E-state index in [0.717, 1.165) is 38.4 Å². The molecule has 2 heterocycles. The summed E-state index contributed by atoms with van der Waals surface area (Å²) in [4.78, 5) is 27.3. The second kappa shape index (κ2) is 11.4. The van der Waals surface area contributed by atoms with E-state index in [0.29, 0.717) is 21.4 Å². The molecule has 1 N–H and O–H groups in total. The molecule has 0 spiro atoms. The number of hydrogen-bond donors (Lipinski definition) is 1. The van der Waals surface area contributed by atoms with E-state index in [4.69, 9.17) is 25.8 Å². The number of fused-ring (bicyclic) bond motifs is 1. The average molecular weight is 588 g/mol. The van der Waals surface area contributed by atoms with E-state index in [1.54, 1.807) is 49.6 Å². The summed E-state index contributed by atoms with van der Waals surface area (Å²) in [5.41, 5.74) is 5.51. The first-order chi connectivity index (χ1) is 19.6. The number of halogens is 1. The molecule has 210 valence electrons. The number of allylic oxidation sites excluding steroid dienone is 1. The number of nitrogens with one attached hydrogen (secondary N) is 1. The lowest BCUT2D eigenvalue weighted by molar-refractivity contribution is 0.0478. The lowest BCUT2D eigenvalue weighted by Gasteiger charge is -2.33. The van der Waals surface area contributed by atoms with Crippen LogP contribution in [0.4, 0.5) is 5.69 Å². The molecule has 0 radical (unpaired) electrons.